The van der Waals surface area contributed by atoms with Crippen molar-refractivity contribution < 1.29 is 31.1 Å². The molecule has 0 radical (unpaired) electrons. The predicted molar refractivity (Wildman–Crippen MR) is 141 cm³/mol. The molecule has 2 atom stereocenters. The molecule has 0 unspecified atom stereocenters. The summed E-state index contributed by atoms with van der Waals surface area (Å²) in [6.07, 6.45) is 0.962. The number of sulfone groups is 1. The first-order chi connectivity index (χ1) is 16.7. The second-order valence-corrected chi connectivity index (χ2v) is 13.5. The molecule has 0 spiro atoms. The van der Waals surface area contributed by atoms with Crippen molar-refractivity contribution in [2.24, 2.45) is 11.8 Å². The Morgan fingerprint density at radius 1 is 0.917 bits per heavy atom. The Bertz CT molecular complexity index is 1260. The highest BCUT2D eigenvalue weighted by atomic mass is 35.5. The Hall–Kier alpha value is -1.72. The normalized spacial score (nSPS) is 13.6. The molecular formula is C23H28Cl3NO7S2. The van der Waals surface area contributed by atoms with Crippen LogP contribution in [0.4, 0.5) is 0 Å². The maximum absolute atomic E-state index is 13.1. The lowest BCUT2D eigenvalue weighted by atomic mass is 10.2. The van der Waals surface area contributed by atoms with Crippen LogP contribution in [0.5, 0.6) is 11.5 Å². The second kappa shape index (κ2) is 12.7. The fraction of sp³-hybridized carbons (Fsp3) is 0.435. The first-order valence-electron chi connectivity index (χ1n) is 10.8. The van der Waals surface area contributed by atoms with E-state index in [1.807, 2.05) is 6.92 Å². The number of alkyl halides is 1. The zero-order valence-corrected chi connectivity index (χ0v) is 24.1. The Kier molecular flexibility index (Phi) is 10.8. The SMILES string of the molecule is CC(=O)N(C[C@H](C)COc1ccc(S(=O)(=O)c2cc(Cl)c(OC[C@@H](C)CCl)c(Cl)c2)cc1)S(C)(=O)=O. The van der Waals surface area contributed by atoms with Crippen LogP contribution in [0.2, 0.25) is 10.0 Å². The molecule has 0 saturated carbocycles. The Labute approximate surface area is 227 Å². The van der Waals surface area contributed by atoms with E-state index in [4.69, 9.17) is 44.3 Å². The minimum atomic E-state index is -3.94. The molecule has 1 amide bonds. The van der Waals surface area contributed by atoms with Gasteiger partial charge in [-0.1, -0.05) is 37.0 Å². The van der Waals surface area contributed by atoms with Crippen LogP contribution in [-0.4, -0.2) is 58.9 Å². The van der Waals surface area contributed by atoms with Crippen molar-refractivity contribution in [2.75, 3.05) is 31.9 Å². The zero-order chi connectivity index (χ0) is 27.3. The van der Waals surface area contributed by atoms with E-state index in [0.717, 1.165) is 10.6 Å². The molecule has 36 heavy (non-hydrogen) atoms. The molecule has 0 fully saturated rings. The molecular weight excluding hydrogens is 573 g/mol. The molecule has 2 rings (SSSR count). The Morgan fingerprint density at radius 3 is 1.92 bits per heavy atom. The number of benzene rings is 2. The van der Waals surface area contributed by atoms with Gasteiger partial charge in [-0.3, -0.25) is 4.79 Å². The summed E-state index contributed by atoms with van der Waals surface area (Å²) in [6.45, 7) is 5.15. The van der Waals surface area contributed by atoms with Gasteiger partial charge >= 0.3 is 0 Å². The van der Waals surface area contributed by atoms with Gasteiger partial charge in [0.25, 0.3) is 0 Å². The molecule has 2 aromatic rings. The lowest BCUT2D eigenvalue weighted by Gasteiger charge is -2.22. The van der Waals surface area contributed by atoms with Crippen LogP contribution in [0.3, 0.4) is 0 Å². The van der Waals surface area contributed by atoms with Gasteiger partial charge in [-0.15, -0.1) is 11.6 Å². The molecule has 0 aliphatic heterocycles. The van der Waals surface area contributed by atoms with E-state index < -0.39 is 25.8 Å². The lowest BCUT2D eigenvalue weighted by Crippen LogP contribution is -2.38. The maximum atomic E-state index is 13.1. The van der Waals surface area contributed by atoms with Crippen molar-refractivity contribution >= 4 is 60.6 Å². The molecule has 0 aliphatic carbocycles. The third-order valence-corrected chi connectivity index (χ3v) is 9.00. The average molecular weight is 601 g/mol. The van der Waals surface area contributed by atoms with Crippen LogP contribution in [0, 0.1) is 11.8 Å². The fourth-order valence-corrected chi connectivity index (χ4v) is 6.14. The molecule has 0 aliphatic rings. The van der Waals surface area contributed by atoms with E-state index in [0.29, 0.717) is 11.6 Å². The van der Waals surface area contributed by atoms with Crippen molar-refractivity contribution in [3.05, 3.63) is 46.4 Å². The van der Waals surface area contributed by atoms with Gasteiger partial charge in [-0.05, 0) is 36.4 Å². The summed E-state index contributed by atoms with van der Waals surface area (Å²) in [4.78, 5) is 11.5. The Morgan fingerprint density at radius 2 is 1.44 bits per heavy atom. The van der Waals surface area contributed by atoms with Gasteiger partial charge < -0.3 is 9.47 Å². The predicted octanol–water partition coefficient (Wildman–Crippen LogP) is 4.90. The van der Waals surface area contributed by atoms with Crippen molar-refractivity contribution in [1.82, 2.24) is 4.31 Å². The number of carbonyl (C=O) groups is 1. The summed E-state index contributed by atoms with van der Waals surface area (Å²) < 4.78 is 61.7. The van der Waals surface area contributed by atoms with Crippen LogP contribution in [0.25, 0.3) is 0 Å². The standard InChI is InChI=1S/C23H28Cl3NO7S2/c1-15(11-24)13-34-23-21(25)9-20(10-22(23)26)36(31,32)19-7-5-18(6-8-19)33-14-16(2)12-27(17(3)28)35(4,29)30/h5-10,15-16H,11-14H2,1-4H3/t15-,16-/m0/s1. The molecule has 0 aromatic heterocycles. The van der Waals surface area contributed by atoms with E-state index in [1.165, 1.54) is 43.3 Å². The number of rotatable bonds is 12. The summed E-state index contributed by atoms with van der Waals surface area (Å²) in [5, 5.41) is 0.121. The van der Waals surface area contributed by atoms with E-state index in [-0.39, 0.29) is 57.2 Å². The third kappa shape index (κ3) is 8.14. The van der Waals surface area contributed by atoms with Gasteiger partial charge in [0.05, 0.1) is 39.3 Å². The molecule has 0 N–H and O–H groups in total. The van der Waals surface area contributed by atoms with Gasteiger partial charge in [0.2, 0.25) is 25.8 Å². The van der Waals surface area contributed by atoms with Crippen molar-refractivity contribution in [1.29, 1.82) is 0 Å². The number of amides is 1. The van der Waals surface area contributed by atoms with E-state index in [1.54, 1.807) is 6.92 Å². The zero-order valence-electron chi connectivity index (χ0n) is 20.2. The molecule has 0 bridgehead atoms. The highest BCUT2D eigenvalue weighted by Gasteiger charge is 2.24. The largest absolute Gasteiger partial charge is 0.493 e. The van der Waals surface area contributed by atoms with Crippen molar-refractivity contribution in [2.45, 2.75) is 30.6 Å². The number of hydrogen-bond donors (Lipinski definition) is 0. The van der Waals surface area contributed by atoms with E-state index >= 15 is 0 Å². The summed E-state index contributed by atoms with van der Waals surface area (Å²) >= 11 is 18.3. The number of hydrogen-bond acceptors (Lipinski definition) is 7. The summed E-state index contributed by atoms with van der Waals surface area (Å²) in [7, 11) is -7.62. The van der Waals surface area contributed by atoms with Crippen LogP contribution in [0.1, 0.15) is 20.8 Å². The minimum Gasteiger partial charge on any atom is -0.493 e. The minimum absolute atomic E-state index is 0.000654. The van der Waals surface area contributed by atoms with Crippen LogP contribution < -0.4 is 9.47 Å². The monoisotopic (exact) mass is 599 g/mol. The van der Waals surface area contributed by atoms with Crippen LogP contribution >= 0.6 is 34.8 Å². The summed E-state index contributed by atoms with van der Waals surface area (Å²) in [6, 6.07) is 8.26. The van der Waals surface area contributed by atoms with Gasteiger partial charge in [0.1, 0.15) is 5.75 Å². The van der Waals surface area contributed by atoms with Crippen molar-refractivity contribution in [3.63, 3.8) is 0 Å². The highest BCUT2D eigenvalue weighted by molar-refractivity contribution is 7.91. The smallest absolute Gasteiger partial charge is 0.234 e. The van der Waals surface area contributed by atoms with Crippen LogP contribution in [0.15, 0.2) is 46.2 Å². The number of carbonyl (C=O) groups excluding carboxylic acids is 1. The van der Waals surface area contributed by atoms with Gasteiger partial charge in [-0.25, -0.2) is 21.1 Å². The first kappa shape index (κ1) is 30.5. The molecule has 13 heteroatoms. The third-order valence-electron chi connectivity index (χ3n) is 4.96. The first-order valence-corrected chi connectivity index (χ1v) is 15.4. The molecule has 0 saturated heterocycles. The van der Waals surface area contributed by atoms with Gasteiger partial charge in [0, 0.05) is 31.2 Å². The number of sulfonamides is 1. The van der Waals surface area contributed by atoms with Crippen molar-refractivity contribution in [3.8, 4) is 11.5 Å². The number of ether oxygens (including phenoxy) is 2. The highest BCUT2D eigenvalue weighted by Crippen LogP contribution is 2.37. The molecule has 2 aromatic carbocycles. The maximum Gasteiger partial charge on any atom is 0.234 e. The number of halogens is 3. The lowest BCUT2D eigenvalue weighted by molar-refractivity contribution is -0.124. The van der Waals surface area contributed by atoms with E-state index in [9.17, 15) is 21.6 Å². The topological polar surface area (TPSA) is 107 Å². The molecule has 8 nitrogen and oxygen atoms in total. The van der Waals surface area contributed by atoms with Gasteiger partial charge in [0.15, 0.2) is 5.75 Å². The fourth-order valence-electron chi connectivity index (χ4n) is 3.02. The summed E-state index contributed by atoms with van der Waals surface area (Å²) in [5.74, 6) is 0.124. The average Bonchev–Trinajstić information content (AvgIpc) is 2.79. The van der Waals surface area contributed by atoms with Gasteiger partial charge in [-0.2, -0.15) is 0 Å². The second-order valence-electron chi connectivity index (χ2n) is 8.49. The van der Waals surface area contributed by atoms with E-state index in [2.05, 4.69) is 0 Å². The van der Waals surface area contributed by atoms with Crippen LogP contribution in [-0.2, 0) is 24.7 Å². The molecule has 0 heterocycles. The molecule has 200 valence electrons. The quantitative estimate of drug-likeness (QED) is 0.319. The number of nitrogens with zero attached hydrogens (tertiary/aromatic N) is 1. The Balaban J connectivity index is 2.12. The summed E-state index contributed by atoms with van der Waals surface area (Å²) in [5.41, 5.74) is 0.